The van der Waals surface area contributed by atoms with Crippen molar-refractivity contribution >= 4 is 5.91 Å². The van der Waals surface area contributed by atoms with Gasteiger partial charge in [0.25, 0.3) is 0 Å². The maximum atomic E-state index is 11.8. The summed E-state index contributed by atoms with van der Waals surface area (Å²) in [5.41, 5.74) is 0.861. The largest absolute Gasteiger partial charge is 0.345 e. The minimum Gasteiger partial charge on any atom is -0.345 e. The molecule has 1 amide bonds. The van der Waals surface area contributed by atoms with Gasteiger partial charge in [0.15, 0.2) is 0 Å². The molecule has 2 aliphatic heterocycles. The molecule has 3 rings (SSSR count). The van der Waals surface area contributed by atoms with Gasteiger partial charge in [-0.1, -0.05) is 13.8 Å². The Hall–Kier alpha value is -0.570. The van der Waals surface area contributed by atoms with Gasteiger partial charge in [-0.15, -0.1) is 0 Å². The molecule has 1 atom stereocenters. The monoisotopic (exact) mass is 264 g/mol. The van der Waals surface area contributed by atoms with Crippen LogP contribution in [0.15, 0.2) is 0 Å². The van der Waals surface area contributed by atoms with Crippen LogP contribution in [-0.4, -0.2) is 48.4 Å². The predicted octanol–water partition coefficient (Wildman–Crippen LogP) is 2.51. The second kappa shape index (κ2) is 4.47. The fraction of sp³-hybridized carbons (Fsp3) is 0.938. The summed E-state index contributed by atoms with van der Waals surface area (Å²) in [7, 11) is 1.96. The molecule has 19 heavy (non-hydrogen) atoms. The highest BCUT2D eigenvalue weighted by Gasteiger charge is 2.45. The lowest BCUT2D eigenvalue weighted by Crippen LogP contribution is -2.45. The summed E-state index contributed by atoms with van der Waals surface area (Å²) >= 11 is 0. The van der Waals surface area contributed by atoms with Gasteiger partial charge in [0, 0.05) is 26.1 Å². The third-order valence-electron chi connectivity index (χ3n) is 5.84. The average molecular weight is 264 g/mol. The van der Waals surface area contributed by atoms with E-state index in [0.29, 0.717) is 16.7 Å². The topological polar surface area (TPSA) is 23.6 Å². The Labute approximate surface area is 117 Å². The van der Waals surface area contributed by atoms with Crippen LogP contribution in [0.25, 0.3) is 0 Å². The van der Waals surface area contributed by atoms with Crippen LogP contribution in [0, 0.1) is 10.8 Å². The molecule has 0 aromatic heterocycles. The van der Waals surface area contributed by atoms with Crippen molar-refractivity contribution in [3.63, 3.8) is 0 Å². The van der Waals surface area contributed by atoms with E-state index < -0.39 is 0 Å². The molecule has 1 spiro atoms. The first-order chi connectivity index (χ1) is 8.89. The highest BCUT2D eigenvalue weighted by Crippen LogP contribution is 2.44. The van der Waals surface area contributed by atoms with E-state index >= 15 is 0 Å². The first-order valence-electron chi connectivity index (χ1n) is 7.87. The van der Waals surface area contributed by atoms with E-state index in [2.05, 4.69) is 18.7 Å². The summed E-state index contributed by atoms with van der Waals surface area (Å²) in [6.45, 7) is 8.23. The first kappa shape index (κ1) is 13.4. The highest BCUT2D eigenvalue weighted by molar-refractivity contribution is 5.79. The molecule has 2 saturated heterocycles. The number of hydrogen-bond donors (Lipinski definition) is 0. The number of likely N-dealkylation sites (tertiary alicyclic amines) is 2. The Morgan fingerprint density at radius 1 is 1.16 bits per heavy atom. The molecule has 3 nitrogen and oxygen atoms in total. The minimum atomic E-state index is 0.316. The summed E-state index contributed by atoms with van der Waals surface area (Å²) in [6, 6.07) is 0.808. The van der Waals surface area contributed by atoms with Gasteiger partial charge in [0.1, 0.15) is 0 Å². The van der Waals surface area contributed by atoms with Crippen LogP contribution in [-0.2, 0) is 4.79 Å². The number of nitrogens with zero attached hydrogens (tertiary/aromatic N) is 2. The third kappa shape index (κ3) is 2.54. The zero-order chi connectivity index (χ0) is 13.7. The van der Waals surface area contributed by atoms with Gasteiger partial charge in [-0.2, -0.15) is 0 Å². The Balaban J connectivity index is 1.57. The van der Waals surface area contributed by atoms with Crippen molar-refractivity contribution < 1.29 is 4.79 Å². The maximum Gasteiger partial charge on any atom is 0.222 e. The van der Waals surface area contributed by atoms with Crippen LogP contribution in [0.5, 0.6) is 0 Å². The van der Waals surface area contributed by atoms with Crippen LogP contribution < -0.4 is 0 Å². The summed E-state index contributed by atoms with van der Waals surface area (Å²) in [4.78, 5) is 16.4. The van der Waals surface area contributed by atoms with Gasteiger partial charge in [0.2, 0.25) is 5.91 Å². The lowest BCUT2D eigenvalue weighted by molar-refractivity contribution is -0.126. The SMILES string of the molecule is CN1CC2(CCN(C3CCC(C)(C)C3)CC2)CC1=O. The Morgan fingerprint density at radius 3 is 2.32 bits per heavy atom. The molecule has 108 valence electrons. The minimum absolute atomic E-state index is 0.316. The van der Waals surface area contributed by atoms with Gasteiger partial charge in [-0.3, -0.25) is 4.79 Å². The molecule has 3 heteroatoms. The smallest absolute Gasteiger partial charge is 0.222 e. The number of rotatable bonds is 1. The molecule has 0 aromatic carbocycles. The van der Waals surface area contributed by atoms with Crippen molar-refractivity contribution in [1.82, 2.24) is 9.80 Å². The van der Waals surface area contributed by atoms with Gasteiger partial charge >= 0.3 is 0 Å². The zero-order valence-electron chi connectivity index (χ0n) is 12.7. The quantitative estimate of drug-likeness (QED) is 0.726. The molecule has 3 fully saturated rings. The third-order valence-corrected chi connectivity index (χ3v) is 5.84. The van der Waals surface area contributed by atoms with Crippen molar-refractivity contribution in [2.75, 3.05) is 26.7 Å². The molecule has 2 heterocycles. The van der Waals surface area contributed by atoms with E-state index in [1.165, 1.54) is 45.2 Å². The van der Waals surface area contributed by atoms with Crippen molar-refractivity contribution in [3.05, 3.63) is 0 Å². The van der Waals surface area contributed by atoms with E-state index in [0.717, 1.165) is 19.0 Å². The van der Waals surface area contributed by atoms with Crippen LogP contribution in [0.4, 0.5) is 0 Å². The lowest BCUT2D eigenvalue weighted by atomic mass is 9.77. The van der Waals surface area contributed by atoms with E-state index in [4.69, 9.17) is 0 Å². The van der Waals surface area contributed by atoms with Crippen molar-refractivity contribution in [2.24, 2.45) is 10.8 Å². The number of carbonyl (C=O) groups excluding carboxylic acids is 1. The average Bonchev–Trinajstić information content (AvgIpc) is 2.82. The molecule has 0 bridgehead atoms. The van der Waals surface area contributed by atoms with Crippen molar-refractivity contribution in [2.45, 2.75) is 58.4 Å². The van der Waals surface area contributed by atoms with E-state index in [-0.39, 0.29) is 0 Å². The zero-order valence-corrected chi connectivity index (χ0v) is 12.7. The van der Waals surface area contributed by atoms with Crippen LogP contribution >= 0.6 is 0 Å². The van der Waals surface area contributed by atoms with Crippen molar-refractivity contribution in [1.29, 1.82) is 0 Å². The first-order valence-corrected chi connectivity index (χ1v) is 7.87. The van der Waals surface area contributed by atoms with Gasteiger partial charge in [-0.25, -0.2) is 0 Å². The van der Waals surface area contributed by atoms with Gasteiger partial charge in [-0.05, 0) is 56.0 Å². The summed E-state index contributed by atoms with van der Waals surface area (Å²) < 4.78 is 0. The number of amides is 1. The fourth-order valence-corrected chi connectivity index (χ4v) is 4.51. The van der Waals surface area contributed by atoms with Crippen LogP contribution in [0.1, 0.15) is 52.4 Å². The Kier molecular flexibility index (Phi) is 3.16. The standard InChI is InChI=1S/C16H28N2O/c1-15(2)5-4-13(10-15)18-8-6-16(7-9-18)11-14(19)17(3)12-16/h13H,4-12H2,1-3H3. The summed E-state index contributed by atoms with van der Waals surface area (Å²) in [5.74, 6) is 0.357. The molecule has 1 unspecified atom stereocenters. The summed E-state index contributed by atoms with van der Waals surface area (Å²) in [6.07, 6.45) is 7.35. The molecule has 1 aliphatic carbocycles. The molecule has 0 radical (unpaired) electrons. The Bertz CT molecular complexity index is 369. The Morgan fingerprint density at radius 2 is 1.84 bits per heavy atom. The fourth-order valence-electron chi connectivity index (χ4n) is 4.51. The predicted molar refractivity (Wildman–Crippen MR) is 76.9 cm³/mol. The second-order valence-corrected chi connectivity index (χ2v) is 8.02. The van der Waals surface area contributed by atoms with Crippen LogP contribution in [0.2, 0.25) is 0 Å². The number of carbonyl (C=O) groups is 1. The molecule has 0 N–H and O–H groups in total. The van der Waals surface area contributed by atoms with Crippen molar-refractivity contribution in [3.8, 4) is 0 Å². The molecule has 1 saturated carbocycles. The second-order valence-electron chi connectivity index (χ2n) is 8.02. The number of hydrogen-bond acceptors (Lipinski definition) is 2. The van der Waals surface area contributed by atoms with E-state index in [1.54, 1.807) is 0 Å². The maximum absolute atomic E-state index is 11.8. The van der Waals surface area contributed by atoms with Gasteiger partial charge in [0.05, 0.1) is 0 Å². The lowest BCUT2D eigenvalue weighted by Gasteiger charge is -2.41. The highest BCUT2D eigenvalue weighted by atomic mass is 16.2. The summed E-state index contributed by atoms with van der Waals surface area (Å²) in [5, 5.41) is 0. The number of piperidine rings is 1. The normalized spacial score (nSPS) is 34.4. The molecule has 0 aromatic rings. The van der Waals surface area contributed by atoms with E-state index in [9.17, 15) is 4.79 Å². The molecule has 3 aliphatic rings. The van der Waals surface area contributed by atoms with E-state index in [1.807, 2.05) is 11.9 Å². The van der Waals surface area contributed by atoms with Crippen LogP contribution in [0.3, 0.4) is 0 Å². The van der Waals surface area contributed by atoms with Gasteiger partial charge < -0.3 is 9.80 Å². The molecular weight excluding hydrogens is 236 g/mol. The molecular formula is C16H28N2O.